The number of esters is 1. The highest BCUT2D eigenvalue weighted by atomic mass is 32.2. The van der Waals surface area contributed by atoms with E-state index in [0.717, 1.165) is 34.2 Å². The predicted molar refractivity (Wildman–Crippen MR) is 108 cm³/mol. The number of aromatic nitrogens is 2. The van der Waals surface area contributed by atoms with Gasteiger partial charge in [-0.25, -0.2) is 13.1 Å². The lowest BCUT2D eigenvalue weighted by atomic mass is 9.95. The van der Waals surface area contributed by atoms with E-state index in [0.29, 0.717) is 12.2 Å². The topological polar surface area (TPSA) is 111 Å². The van der Waals surface area contributed by atoms with E-state index in [4.69, 9.17) is 9.26 Å². The summed E-state index contributed by atoms with van der Waals surface area (Å²) in [6, 6.07) is 0. The van der Waals surface area contributed by atoms with Crippen molar-refractivity contribution in [1.82, 2.24) is 14.9 Å². The summed E-state index contributed by atoms with van der Waals surface area (Å²) in [4.78, 5) is 16.3. The minimum absolute atomic E-state index is 0.0586. The Kier molecular flexibility index (Phi) is 7.54. The zero-order chi connectivity index (χ0) is 21.8. The average molecular weight is 424 g/mol. The molecule has 0 aliphatic carbocycles. The second-order valence-corrected chi connectivity index (χ2v) is 8.82. The fraction of sp³-hybridized carbons (Fsp3) is 0.550. The molecular formula is C20H29N3O5S. The third-order valence-electron chi connectivity index (χ3n) is 5.16. The summed E-state index contributed by atoms with van der Waals surface area (Å²) in [5, 5.41) is 3.78. The smallest absolute Gasteiger partial charge is 0.307 e. The van der Waals surface area contributed by atoms with Gasteiger partial charge in [-0.2, -0.15) is 4.98 Å². The number of carbonyl (C=O) groups is 1. The maximum atomic E-state index is 12.8. The molecule has 160 valence electrons. The Bertz CT molecular complexity index is 967. The van der Waals surface area contributed by atoms with Crippen molar-refractivity contribution in [2.24, 2.45) is 0 Å². The van der Waals surface area contributed by atoms with Gasteiger partial charge in [0.15, 0.2) is 12.4 Å². The van der Waals surface area contributed by atoms with Crippen molar-refractivity contribution < 1.29 is 22.5 Å². The number of sulfonamides is 1. The van der Waals surface area contributed by atoms with E-state index < -0.39 is 16.0 Å². The van der Waals surface area contributed by atoms with Crippen LogP contribution in [0.15, 0.2) is 9.42 Å². The number of hydrogen-bond acceptors (Lipinski definition) is 7. The molecule has 2 rings (SSSR count). The van der Waals surface area contributed by atoms with Gasteiger partial charge in [0.2, 0.25) is 10.0 Å². The Labute approximate surface area is 172 Å². The molecular weight excluding hydrogens is 394 g/mol. The second kappa shape index (κ2) is 9.49. The number of ether oxygens (including phenoxy) is 1. The first-order valence-corrected chi connectivity index (χ1v) is 11.1. The van der Waals surface area contributed by atoms with E-state index in [1.54, 1.807) is 13.8 Å². The van der Waals surface area contributed by atoms with Crippen LogP contribution in [0, 0.1) is 34.6 Å². The number of rotatable bonds is 9. The fourth-order valence-electron chi connectivity index (χ4n) is 3.12. The number of benzene rings is 1. The van der Waals surface area contributed by atoms with Crippen LogP contribution in [0.3, 0.4) is 0 Å². The van der Waals surface area contributed by atoms with Crippen LogP contribution < -0.4 is 4.72 Å². The quantitative estimate of drug-likeness (QED) is 0.617. The molecule has 9 heteroatoms. The first kappa shape index (κ1) is 23.0. The van der Waals surface area contributed by atoms with Crippen molar-refractivity contribution in [3.8, 4) is 0 Å². The Morgan fingerprint density at radius 1 is 1.03 bits per heavy atom. The van der Waals surface area contributed by atoms with Gasteiger partial charge in [-0.3, -0.25) is 4.79 Å². The number of nitrogens with one attached hydrogen (secondary N) is 1. The van der Waals surface area contributed by atoms with E-state index >= 15 is 0 Å². The summed E-state index contributed by atoms with van der Waals surface area (Å²) in [7, 11) is -3.75. The Morgan fingerprint density at radius 2 is 1.62 bits per heavy atom. The summed E-state index contributed by atoms with van der Waals surface area (Å²) in [5.74, 6) is 0.243. The van der Waals surface area contributed by atoms with Gasteiger partial charge in [0.1, 0.15) is 0 Å². The first-order chi connectivity index (χ1) is 13.6. The lowest BCUT2D eigenvalue weighted by molar-refractivity contribution is -0.145. The molecule has 1 aromatic carbocycles. The molecule has 0 bridgehead atoms. The highest BCUT2D eigenvalue weighted by Crippen LogP contribution is 2.29. The third-order valence-corrected chi connectivity index (χ3v) is 6.90. The van der Waals surface area contributed by atoms with Gasteiger partial charge in [0.25, 0.3) is 5.89 Å². The SMILES string of the molecule is CCCc1noc(COC(=O)CCNS(=O)(=O)c2c(C)c(C)c(C)c(C)c2C)n1. The largest absolute Gasteiger partial charge is 0.456 e. The molecule has 0 amide bonds. The van der Waals surface area contributed by atoms with Gasteiger partial charge in [-0.1, -0.05) is 12.1 Å². The molecule has 0 unspecified atom stereocenters. The normalized spacial score (nSPS) is 11.7. The van der Waals surface area contributed by atoms with E-state index in [1.165, 1.54) is 0 Å². The summed E-state index contributed by atoms with van der Waals surface area (Å²) < 4.78 is 38.2. The van der Waals surface area contributed by atoms with Crippen LogP contribution >= 0.6 is 0 Å². The molecule has 0 aliphatic rings. The number of nitrogens with zero attached hydrogens (tertiary/aromatic N) is 2. The van der Waals surface area contributed by atoms with Crippen LogP contribution in [0.5, 0.6) is 0 Å². The number of hydrogen-bond donors (Lipinski definition) is 1. The Hall–Kier alpha value is -2.26. The molecule has 0 spiro atoms. The molecule has 1 N–H and O–H groups in total. The van der Waals surface area contributed by atoms with Crippen molar-refractivity contribution in [2.45, 2.75) is 72.3 Å². The van der Waals surface area contributed by atoms with E-state index in [9.17, 15) is 13.2 Å². The Balaban J connectivity index is 1.95. The predicted octanol–water partition coefficient (Wildman–Crippen LogP) is 2.98. The van der Waals surface area contributed by atoms with Crippen LogP contribution in [0.1, 0.15) is 59.3 Å². The molecule has 0 aliphatic heterocycles. The summed E-state index contributed by atoms with van der Waals surface area (Å²) in [5.41, 5.74) is 4.44. The molecule has 0 saturated carbocycles. The summed E-state index contributed by atoms with van der Waals surface area (Å²) in [6.07, 6.45) is 1.48. The highest BCUT2D eigenvalue weighted by molar-refractivity contribution is 7.89. The standard InChI is InChI=1S/C20H29N3O5S/c1-7-8-17-22-18(28-23-17)11-27-19(24)9-10-21-29(25,26)20-15(5)13(3)12(2)14(4)16(20)6/h21H,7-11H2,1-6H3. The molecule has 0 atom stereocenters. The van der Waals surface area contributed by atoms with Gasteiger partial charge in [-0.05, 0) is 68.9 Å². The molecule has 0 radical (unpaired) electrons. The first-order valence-electron chi connectivity index (χ1n) is 9.62. The summed E-state index contributed by atoms with van der Waals surface area (Å²) >= 11 is 0. The van der Waals surface area contributed by atoms with Gasteiger partial charge in [-0.15, -0.1) is 0 Å². The number of aryl methyl sites for hydroxylation is 1. The molecule has 8 nitrogen and oxygen atoms in total. The maximum Gasteiger partial charge on any atom is 0.307 e. The molecule has 29 heavy (non-hydrogen) atoms. The summed E-state index contributed by atoms with van der Waals surface area (Å²) in [6.45, 7) is 11.2. The van der Waals surface area contributed by atoms with Crippen LogP contribution in [-0.4, -0.2) is 31.1 Å². The third kappa shape index (κ3) is 5.42. The van der Waals surface area contributed by atoms with Crippen molar-refractivity contribution in [3.05, 3.63) is 39.5 Å². The van der Waals surface area contributed by atoms with Crippen molar-refractivity contribution in [2.75, 3.05) is 6.54 Å². The zero-order valence-electron chi connectivity index (χ0n) is 17.9. The monoisotopic (exact) mass is 423 g/mol. The molecule has 0 saturated heterocycles. The van der Waals surface area contributed by atoms with E-state index in [1.807, 2.05) is 27.7 Å². The molecule has 1 aromatic heterocycles. The highest BCUT2D eigenvalue weighted by Gasteiger charge is 2.23. The molecule has 2 aromatic rings. The minimum Gasteiger partial charge on any atom is -0.456 e. The van der Waals surface area contributed by atoms with Gasteiger partial charge in [0, 0.05) is 13.0 Å². The lowest BCUT2D eigenvalue weighted by Gasteiger charge is -2.19. The van der Waals surface area contributed by atoms with Crippen LogP contribution in [0.2, 0.25) is 0 Å². The lowest BCUT2D eigenvalue weighted by Crippen LogP contribution is -2.28. The van der Waals surface area contributed by atoms with E-state index in [-0.39, 0.29) is 30.4 Å². The van der Waals surface area contributed by atoms with Gasteiger partial charge in [0.05, 0.1) is 11.3 Å². The maximum absolute atomic E-state index is 12.8. The molecule has 1 heterocycles. The van der Waals surface area contributed by atoms with Crippen LogP contribution in [-0.2, 0) is 32.6 Å². The fourth-order valence-corrected chi connectivity index (χ4v) is 4.74. The Morgan fingerprint density at radius 3 is 2.21 bits per heavy atom. The van der Waals surface area contributed by atoms with Crippen molar-refractivity contribution in [1.29, 1.82) is 0 Å². The van der Waals surface area contributed by atoms with Crippen LogP contribution in [0.4, 0.5) is 0 Å². The number of carbonyl (C=O) groups excluding carboxylic acids is 1. The van der Waals surface area contributed by atoms with E-state index in [2.05, 4.69) is 14.9 Å². The van der Waals surface area contributed by atoms with Crippen LogP contribution in [0.25, 0.3) is 0 Å². The molecule has 0 fully saturated rings. The van der Waals surface area contributed by atoms with Crippen molar-refractivity contribution in [3.63, 3.8) is 0 Å². The second-order valence-electron chi connectivity index (χ2n) is 7.12. The van der Waals surface area contributed by atoms with Gasteiger partial charge < -0.3 is 9.26 Å². The average Bonchev–Trinajstić information content (AvgIpc) is 3.11. The minimum atomic E-state index is -3.75. The van der Waals surface area contributed by atoms with Gasteiger partial charge >= 0.3 is 5.97 Å². The van der Waals surface area contributed by atoms with Crippen molar-refractivity contribution >= 4 is 16.0 Å². The zero-order valence-corrected chi connectivity index (χ0v) is 18.7.